The SMILES string of the molecule is CCCCCCCCCCCCO.CCN(CC)CC. The van der Waals surface area contributed by atoms with Gasteiger partial charge in [-0.1, -0.05) is 85.5 Å². The van der Waals surface area contributed by atoms with Crippen LogP contribution in [0.1, 0.15) is 91.9 Å². The summed E-state index contributed by atoms with van der Waals surface area (Å²) < 4.78 is 0. The molecule has 0 fully saturated rings. The van der Waals surface area contributed by atoms with Gasteiger partial charge in [-0.3, -0.25) is 0 Å². The summed E-state index contributed by atoms with van der Waals surface area (Å²) in [6.07, 6.45) is 13.3. The van der Waals surface area contributed by atoms with E-state index in [1.54, 1.807) is 0 Å². The van der Waals surface area contributed by atoms with E-state index in [9.17, 15) is 0 Å². The molecule has 0 saturated carbocycles. The Morgan fingerprint density at radius 1 is 0.550 bits per heavy atom. The number of aliphatic hydroxyl groups is 1. The van der Waals surface area contributed by atoms with Crippen molar-refractivity contribution in [1.82, 2.24) is 4.90 Å². The van der Waals surface area contributed by atoms with Crippen molar-refractivity contribution in [2.24, 2.45) is 0 Å². The van der Waals surface area contributed by atoms with Crippen molar-refractivity contribution < 1.29 is 5.11 Å². The van der Waals surface area contributed by atoms with E-state index < -0.39 is 0 Å². The molecule has 0 atom stereocenters. The third-order valence-corrected chi connectivity index (χ3v) is 3.85. The molecule has 0 aliphatic rings. The van der Waals surface area contributed by atoms with Crippen LogP contribution >= 0.6 is 0 Å². The first kappa shape index (κ1) is 22.2. The summed E-state index contributed by atoms with van der Waals surface area (Å²) in [6, 6.07) is 0. The number of hydrogen-bond acceptors (Lipinski definition) is 2. The van der Waals surface area contributed by atoms with Gasteiger partial charge < -0.3 is 10.0 Å². The zero-order valence-electron chi connectivity index (χ0n) is 14.8. The van der Waals surface area contributed by atoms with Gasteiger partial charge >= 0.3 is 0 Å². The van der Waals surface area contributed by atoms with E-state index in [0.717, 1.165) is 6.42 Å². The van der Waals surface area contributed by atoms with Crippen molar-refractivity contribution in [1.29, 1.82) is 0 Å². The Balaban J connectivity index is 0. The fourth-order valence-corrected chi connectivity index (χ4v) is 2.27. The van der Waals surface area contributed by atoms with E-state index in [0.29, 0.717) is 6.61 Å². The smallest absolute Gasteiger partial charge is 0.0431 e. The first-order chi connectivity index (χ1) is 9.76. The summed E-state index contributed by atoms with van der Waals surface area (Å²) in [4.78, 5) is 2.38. The number of unbranched alkanes of at least 4 members (excludes halogenated alkanes) is 9. The molecule has 20 heavy (non-hydrogen) atoms. The van der Waals surface area contributed by atoms with Crippen LogP contribution in [0.15, 0.2) is 0 Å². The van der Waals surface area contributed by atoms with Crippen molar-refractivity contribution in [2.75, 3.05) is 26.2 Å². The second kappa shape index (κ2) is 21.2. The van der Waals surface area contributed by atoms with Crippen LogP contribution in [0.4, 0.5) is 0 Å². The number of nitrogens with zero attached hydrogens (tertiary/aromatic N) is 1. The summed E-state index contributed by atoms with van der Waals surface area (Å²) in [7, 11) is 0. The third-order valence-electron chi connectivity index (χ3n) is 3.85. The van der Waals surface area contributed by atoms with Gasteiger partial charge in [0.25, 0.3) is 0 Å². The Hall–Kier alpha value is -0.0800. The molecule has 0 rings (SSSR count). The summed E-state index contributed by atoms with van der Waals surface area (Å²) in [6.45, 7) is 12.8. The quantitative estimate of drug-likeness (QED) is 0.468. The first-order valence-corrected chi connectivity index (χ1v) is 9.09. The third kappa shape index (κ3) is 20.2. The summed E-state index contributed by atoms with van der Waals surface area (Å²) in [5, 5.41) is 8.57. The molecule has 0 unspecified atom stereocenters. The predicted molar refractivity (Wildman–Crippen MR) is 92.4 cm³/mol. The van der Waals surface area contributed by atoms with Crippen molar-refractivity contribution in [2.45, 2.75) is 91.9 Å². The molecule has 0 aliphatic heterocycles. The first-order valence-electron chi connectivity index (χ1n) is 9.09. The zero-order valence-corrected chi connectivity index (χ0v) is 14.8. The van der Waals surface area contributed by atoms with Gasteiger partial charge in [-0.05, 0) is 26.1 Å². The molecule has 2 nitrogen and oxygen atoms in total. The molecular weight excluding hydrogens is 246 g/mol. The Morgan fingerprint density at radius 2 is 0.900 bits per heavy atom. The normalized spacial score (nSPS) is 10.5. The van der Waals surface area contributed by atoms with Crippen LogP contribution in [0.25, 0.3) is 0 Å². The molecule has 0 spiro atoms. The second-order valence-corrected chi connectivity index (χ2v) is 5.53. The lowest BCUT2D eigenvalue weighted by atomic mass is 10.1. The molecule has 0 heterocycles. The fraction of sp³-hybridized carbons (Fsp3) is 1.00. The van der Waals surface area contributed by atoms with E-state index in [2.05, 4.69) is 32.6 Å². The van der Waals surface area contributed by atoms with Crippen LogP contribution in [0.3, 0.4) is 0 Å². The molecule has 0 amide bonds. The largest absolute Gasteiger partial charge is 0.396 e. The molecule has 0 bridgehead atoms. The lowest BCUT2D eigenvalue weighted by molar-refractivity contribution is 0.282. The summed E-state index contributed by atoms with van der Waals surface area (Å²) >= 11 is 0. The lowest BCUT2D eigenvalue weighted by Gasteiger charge is -2.13. The fourth-order valence-electron chi connectivity index (χ4n) is 2.27. The highest BCUT2D eigenvalue weighted by atomic mass is 16.2. The Morgan fingerprint density at radius 3 is 1.15 bits per heavy atom. The van der Waals surface area contributed by atoms with Crippen LogP contribution in [0.5, 0.6) is 0 Å². The highest BCUT2D eigenvalue weighted by molar-refractivity contribution is 4.46. The van der Waals surface area contributed by atoms with Gasteiger partial charge in [-0.25, -0.2) is 0 Å². The monoisotopic (exact) mass is 287 g/mol. The van der Waals surface area contributed by atoms with E-state index in [-0.39, 0.29) is 0 Å². The Kier molecular flexibility index (Phi) is 23.6. The second-order valence-electron chi connectivity index (χ2n) is 5.53. The van der Waals surface area contributed by atoms with Gasteiger partial charge in [0.15, 0.2) is 0 Å². The van der Waals surface area contributed by atoms with Crippen LogP contribution in [0.2, 0.25) is 0 Å². The van der Waals surface area contributed by atoms with E-state index in [1.807, 2.05) is 0 Å². The molecule has 0 aromatic rings. The maximum absolute atomic E-state index is 8.57. The van der Waals surface area contributed by atoms with Crippen LogP contribution in [0, 0.1) is 0 Å². The molecule has 0 aliphatic carbocycles. The van der Waals surface area contributed by atoms with E-state index in [1.165, 1.54) is 77.4 Å². The van der Waals surface area contributed by atoms with Crippen molar-refractivity contribution in [3.05, 3.63) is 0 Å². The molecule has 0 saturated heterocycles. The minimum atomic E-state index is 0.372. The van der Waals surface area contributed by atoms with Crippen molar-refractivity contribution in [3.8, 4) is 0 Å². The van der Waals surface area contributed by atoms with Crippen molar-refractivity contribution >= 4 is 0 Å². The molecule has 0 aromatic carbocycles. The van der Waals surface area contributed by atoms with Crippen molar-refractivity contribution in [3.63, 3.8) is 0 Å². The summed E-state index contributed by atoms with van der Waals surface area (Å²) in [5.41, 5.74) is 0. The molecule has 1 N–H and O–H groups in total. The molecule has 124 valence electrons. The maximum Gasteiger partial charge on any atom is 0.0431 e. The Bertz CT molecular complexity index is 131. The minimum Gasteiger partial charge on any atom is -0.396 e. The number of aliphatic hydroxyl groups excluding tert-OH is 1. The van der Waals surface area contributed by atoms with E-state index >= 15 is 0 Å². The standard InChI is InChI=1S/C12H26O.C6H15N/c1-2-3-4-5-6-7-8-9-10-11-12-13;1-4-7(5-2)6-3/h13H,2-12H2,1H3;4-6H2,1-3H3. The van der Waals surface area contributed by atoms with Gasteiger partial charge in [-0.15, -0.1) is 0 Å². The van der Waals surface area contributed by atoms with Crippen LogP contribution in [-0.2, 0) is 0 Å². The average Bonchev–Trinajstić information content (AvgIpc) is 2.48. The average molecular weight is 288 g/mol. The van der Waals surface area contributed by atoms with Gasteiger partial charge in [0.1, 0.15) is 0 Å². The molecule has 0 radical (unpaired) electrons. The lowest BCUT2D eigenvalue weighted by Crippen LogP contribution is -2.21. The highest BCUT2D eigenvalue weighted by Crippen LogP contribution is 2.09. The van der Waals surface area contributed by atoms with Gasteiger partial charge in [-0.2, -0.15) is 0 Å². The van der Waals surface area contributed by atoms with Gasteiger partial charge in [0.2, 0.25) is 0 Å². The maximum atomic E-state index is 8.57. The molecular formula is C18H41NO. The highest BCUT2D eigenvalue weighted by Gasteiger charge is 1.91. The van der Waals surface area contributed by atoms with Crippen LogP contribution < -0.4 is 0 Å². The minimum absolute atomic E-state index is 0.372. The molecule has 0 aromatic heterocycles. The Labute approximate surface area is 129 Å². The molecule has 2 heteroatoms. The predicted octanol–water partition coefficient (Wildman–Crippen LogP) is 5.25. The van der Waals surface area contributed by atoms with Crippen LogP contribution in [-0.4, -0.2) is 36.2 Å². The van der Waals surface area contributed by atoms with E-state index in [4.69, 9.17) is 5.11 Å². The number of rotatable bonds is 13. The van der Waals surface area contributed by atoms with Gasteiger partial charge in [0, 0.05) is 6.61 Å². The zero-order chi connectivity index (χ0) is 15.5. The van der Waals surface area contributed by atoms with Gasteiger partial charge in [0.05, 0.1) is 0 Å². The topological polar surface area (TPSA) is 23.5 Å². The number of hydrogen-bond donors (Lipinski definition) is 1. The summed E-state index contributed by atoms with van der Waals surface area (Å²) in [5.74, 6) is 0.